The van der Waals surface area contributed by atoms with Crippen molar-refractivity contribution < 1.29 is 14.6 Å². The van der Waals surface area contributed by atoms with E-state index in [4.69, 9.17) is 4.74 Å². The summed E-state index contributed by atoms with van der Waals surface area (Å²) in [5, 5.41) is 9.91. The highest BCUT2D eigenvalue weighted by molar-refractivity contribution is 5.71. The van der Waals surface area contributed by atoms with Crippen LogP contribution in [0.25, 0.3) is 0 Å². The first-order chi connectivity index (χ1) is 7.29. The molecule has 3 nitrogen and oxygen atoms in total. The van der Waals surface area contributed by atoms with Crippen LogP contribution in [0.15, 0.2) is 12.7 Å². The number of aliphatic hydroxyl groups is 1. The van der Waals surface area contributed by atoms with Crippen molar-refractivity contribution in [1.29, 1.82) is 0 Å². The largest absolute Gasteiger partial charge is 0.460 e. The standard InChI is InChI=1S/C13H22O3/c1-5-6-10(14)13(7-8-13)9-11(15)16-12(2,3)4/h5,10,14H,1,6-9H2,2-4H3. The third kappa shape index (κ3) is 3.63. The fourth-order valence-corrected chi connectivity index (χ4v) is 1.86. The summed E-state index contributed by atoms with van der Waals surface area (Å²) in [6, 6.07) is 0. The van der Waals surface area contributed by atoms with E-state index in [0.717, 1.165) is 12.8 Å². The third-order valence-electron chi connectivity index (χ3n) is 2.91. The number of aliphatic hydroxyl groups excluding tert-OH is 1. The maximum absolute atomic E-state index is 11.7. The van der Waals surface area contributed by atoms with Gasteiger partial charge in [0.05, 0.1) is 12.5 Å². The van der Waals surface area contributed by atoms with Gasteiger partial charge in [-0.25, -0.2) is 0 Å². The summed E-state index contributed by atoms with van der Waals surface area (Å²) >= 11 is 0. The third-order valence-corrected chi connectivity index (χ3v) is 2.91. The first kappa shape index (κ1) is 13.2. The average Bonchev–Trinajstić information content (AvgIpc) is 2.82. The van der Waals surface area contributed by atoms with Gasteiger partial charge in [0, 0.05) is 5.41 Å². The molecule has 0 bridgehead atoms. The Hall–Kier alpha value is -0.830. The molecule has 0 aromatic carbocycles. The van der Waals surface area contributed by atoms with Crippen molar-refractivity contribution in [2.24, 2.45) is 5.41 Å². The number of carbonyl (C=O) groups excluding carboxylic acids is 1. The summed E-state index contributed by atoms with van der Waals surface area (Å²) in [4.78, 5) is 11.7. The molecule has 1 unspecified atom stereocenters. The zero-order valence-electron chi connectivity index (χ0n) is 10.5. The molecule has 1 N–H and O–H groups in total. The Morgan fingerprint density at radius 1 is 1.56 bits per heavy atom. The first-order valence-corrected chi connectivity index (χ1v) is 5.80. The van der Waals surface area contributed by atoms with E-state index in [-0.39, 0.29) is 11.4 Å². The normalized spacial score (nSPS) is 20.0. The SMILES string of the molecule is C=CCC(O)C1(CC(=O)OC(C)(C)C)CC1. The smallest absolute Gasteiger partial charge is 0.306 e. The summed E-state index contributed by atoms with van der Waals surface area (Å²) in [5.41, 5.74) is -0.687. The molecule has 0 spiro atoms. The second kappa shape index (κ2) is 4.58. The fraction of sp³-hybridized carbons (Fsp3) is 0.769. The van der Waals surface area contributed by atoms with Gasteiger partial charge >= 0.3 is 5.97 Å². The van der Waals surface area contributed by atoms with Crippen LogP contribution in [0.4, 0.5) is 0 Å². The van der Waals surface area contributed by atoms with E-state index in [1.54, 1.807) is 6.08 Å². The summed E-state index contributed by atoms with van der Waals surface area (Å²) in [5.74, 6) is -0.215. The molecule has 16 heavy (non-hydrogen) atoms. The highest BCUT2D eigenvalue weighted by Gasteiger charge is 2.50. The van der Waals surface area contributed by atoms with E-state index in [0.29, 0.717) is 12.8 Å². The van der Waals surface area contributed by atoms with Crippen LogP contribution in [0.1, 0.15) is 46.5 Å². The summed E-state index contributed by atoms with van der Waals surface area (Å²) in [6.07, 6.45) is 3.90. The van der Waals surface area contributed by atoms with Gasteiger partial charge < -0.3 is 9.84 Å². The lowest BCUT2D eigenvalue weighted by atomic mass is 9.93. The number of esters is 1. The number of ether oxygens (including phenoxy) is 1. The first-order valence-electron chi connectivity index (χ1n) is 5.80. The van der Waals surface area contributed by atoms with Crippen LogP contribution in [-0.4, -0.2) is 22.8 Å². The predicted octanol–water partition coefficient (Wildman–Crippen LogP) is 2.44. The molecule has 1 rings (SSSR count). The lowest BCUT2D eigenvalue weighted by Gasteiger charge is -2.24. The molecule has 92 valence electrons. The Balaban J connectivity index is 2.47. The quantitative estimate of drug-likeness (QED) is 0.578. The van der Waals surface area contributed by atoms with Crippen LogP contribution in [0.5, 0.6) is 0 Å². The molecule has 0 amide bonds. The Labute approximate surface area is 97.5 Å². The Morgan fingerprint density at radius 2 is 2.12 bits per heavy atom. The highest BCUT2D eigenvalue weighted by Crippen LogP contribution is 2.53. The van der Waals surface area contributed by atoms with E-state index >= 15 is 0 Å². The van der Waals surface area contributed by atoms with Crippen molar-refractivity contribution in [3.8, 4) is 0 Å². The highest BCUT2D eigenvalue weighted by atomic mass is 16.6. The Morgan fingerprint density at radius 3 is 2.50 bits per heavy atom. The molecule has 1 aliphatic carbocycles. The van der Waals surface area contributed by atoms with Crippen LogP contribution in [-0.2, 0) is 9.53 Å². The second-order valence-corrected chi connectivity index (χ2v) is 5.67. The van der Waals surface area contributed by atoms with E-state index in [2.05, 4.69) is 6.58 Å². The van der Waals surface area contributed by atoms with Gasteiger partial charge in [0.1, 0.15) is 5.60 Å². The maximum Gasteiger partial charge on any atom is 0.306 e. The minimum atomic E-state index is -0.461. The molecule has 0 saturated heterocycles. The fourth-order valence-electron chi connectivity index (χ4n) is 1.86. The zero-order chi connectivity index (χ0) is 12.4. The molecule has 0 aromatic rings. The minimum Gasteiger partial charge on any atom is -0.460 e. The molecule has 1 atom stereocenters. The van der Waals surface area contributed by atoms with Crippen molar-refractivity contribution in [3.05, 3.63) is 12.7 Å². The Kier molecular flexibility index (Phi) is 3.79. The topological polar surface area (TPSA) is 46.5 Å². The van der Waals surface area contributed by atoms with Crippen molar-refractivity contribution in [2.75, 3.05) is 0 Å². The van der Waals surface area contributed by atoms with E-state index in [9.17, 15) is 9.90 Å². The molecular formula is C13H22O3. The molecule has 0 aromatic heterocycles. The minimum absolute atomic E-state index is 0.215. The molecule has 0 radical (unpaired) electrons. The van der Waals surface area contributed by atoms with Crippen LogP contribution >= 0.6 is 0 Å². The molecule has 0 aliphatic heterocycles. The number of hydrogen-bond acceptors (Lipinski definition) is 3. The van der Waals surface area contributed by atoms with Crippen LogP contribution in [0, 0.1) is 5.41 Å². The number of hydrogen-bond donors (Lipinski definition) is 1. The van der Waals surface area contributed by atoms with Gasteiger partial charge in [0.25, 0.3) is 0 Å². The molecule has 1 saturated carbocycles. The van der Waals surface area contributed by atoms with Gasteiger partial charge in [-0.05, 0) is 40.0 Å². The lowest BCUT2D eigenvalue weighted by molar-refractivity contribution is -0.157. The summed E-state index contributed by atoms with van der Waals surface area (Å²) in [7, 11) is 0. The van der Waals surface area contributed by atoms with Gasteiger partial charge in [0.2, 0.25) is 0 Å². The van der Waals surface area contributed by atoms with Crippen LogP contribution in [0.3, 0.4) is 0 Å². The van der Waals surface area contributed by atoms with Crippen molar-refractivity contribution in [1.82, 2.24) is 0 Å². The van der Waals surface area contributed by atoms with Gasteiger partial charge in [0.15, 0.2) is 0 Å². The second-order valence-electron chi connectivity index (χ2n) is 5.67. The summed E-state index contributed by atoms with van der Waals surface area (Å²) in [6.45, 7) is 9.16. The predicted molar refractivity (Wildman–Crippen MR) is 62.9 cm³/mol. The Bertz CT molecular complexity index is 271. The monoisotopic (exact) mass is 226 g/mol. The van der Waals surface area contributed by atoms with Gasteiger partial charge in [-0.2, -0.15) is 0 Å². The lowest BCUT2D eigenvalue weighted by Crippen LogP contribution is -2.29. The van der Waals surface area contributed by atoms with Crippen LogP contribution in [0.2, 0.25) is 0 Å². The number of carbonyl (C=O) groups is 1. The molecule has 3 heteroatoms. The van der Waals surface area contributed by atoms with E-state index in [1.807, 2.05) is 20.8 Å². The molecular weight excluding hydrogens is 204 g/mol. The van der Waals surface area contributed by atoms with Gasteiger partial charge in [-0.1, -0.05) is 6.08 Å². The van der Waals surface area contributed by atoms with Crippen molar-refractivity contribution in [3.63, 3.8) is 0 Å². The maximum atomic E-state index is 11.7. The number of rotatable bonds is 5. The van der Waals surface area contributed by atoms with E-state index in [1.165, 1.54) is 0 Å². The van der Waals surface area contributed by atoms with Gasteiger partial charge in [-0.15, -0.1) is 6.58 Å². The average molecular weight is 226 g/mol. The van der Waals surface area contributed by atoms with Crippen molar-refractivity contribution in [2.45, 2.75) is 58.2 Å². The summed E-state index contributed by atoms with van der Waals surface area (Å²) < 4.78 is 5.27. The van der Waals surface area contributed by atoms with Crippen LogP contribution < -0.4 is 0 Å². The van der Waals surface area contributed by atoms with E-state index < -0.39 is 11.7 Å². The molecule has 1 aliphatic rings. The molecule has 0 heterocycles. The van der Waals surface area contributed by atoms with Crippen molar-refractivity contribution >= 4 is 5.97 Å². The zero-order valence-corrected chi connectivity index (χ0v) is 10.5. The molecule has 1 fully saturated rings. The van der Waals surface area contributed by atoms with Gasteiger partial charge in [-0.3, -0.25) is 4.79 Å².